The third kappa shape index (κ3) is 3.43. The number of benzene rings is 1. The first-order chi connectivity index (χ1) is 7.27. The van der Waals surface area contributed by atoms with Gasteiger partial charge in [0.2, 0.25) is 0 Å². The summed E-state index contributed by atoms with van der Waals surface area (Å²) in [6.45, 7) is 3.80. The molecular formula is C13H15NO. The van der Waals surface area contributed by atoms with E-state index in [0.29, 0.717) is 5.56 Å². The average molecular weight is 201 g/mol. The molecule has 0 atom stereocenters. The van der Waals surface area contributed by atoms with E-state index >= 15 is 0 Å². The molecule has 0 spiro atoms. The average Bonchev–Trinajstić information content (AvgIpc) is 2.29. The summed E-state index contributed by atoms with van der Waals surface area (Å²) in [5, 5.41) is 2.82. The molecule has 0 bridgehead atoms. The van der Waals surface area contributed by atoms with Crippen LogP contribution in [-0.4, -0.2) is 5.91 Å². The number of carbonyl (C=O) groups is 1. The fourth-order valence-electron chi connectivity index (χ4n) is 1.18. The van der Waals surface area contributed by atoms with E-state index in [9.17, 15) is 4.79 Å². The van der Waals surface area contributed by atoms with Gasteiger partial charge >= 0.3 is 0 Å². The zero-order valence-electron chi connectivity index (χ0n) is 9.03. The smallest absolute Gasteiger partial charge is 0.255 e. The van der Waals surface area contributed by atoms with Crippen molar-refractivity contribution < 1.29 is 4.79 Å². The van der Waals surface area contributed by atoms with E-state index in [1.54, 1.807) is 12.1 Å². The molecule has 0 saturated carbocycles. The molecule has 1 aromatic carbocycles. The minimum absolute atomic E-state index is 0.0817. The van der Waals surface area contributed by atoms with Crippen LogP contribution < -0.4 is 5.32 Å². The van der Waals surface area contributed by atoms with Crippen LogP contribution in [0.2, 0.25) is 0 Å². The predicted octanol–water partition coefficient (Wildman–Crippen LogP) is 2.90. The first kappa shape index (κ1) is 11.2. The number of amides is 1. The van der Waals surface area contributed by atoms with Gasteiger partial charge in [0, 0.05) is 11.3 Å². The number of hydrogen-bond donors (Lipinski definition) is 1. The van der Waals surface area contributed by atoms with Crippen molar-refractivity contribution in [3.63, 3.8) is 0 Å². The van der Waals surface area contributed by atoms with E-state index in [-0.39, 0.29) is 5.91 Å². The third-order valence-corrected chi connectivity index (χ3v) is 1.95. The first-order valence-electron chi connectivity index (χ1n) is 4.93. The molecule has 0 aliphatic heterocycles. The Labute approximate surface area is 90.3 Å². The molecule has 1 aromatic rings. The van der Waals surface area contributed by atoms with Crippen LogP contribution >= 0.6 is 0 Å². The van der Waals surface area contributed by atoms with Crippen LogP contribution in [0.3, 0.4) is 0 Å². The Kier molecular flexibility index (Phi) is 4.35. The molecule has 2 heteroatoms. The summed E-state index contributed by atoms with van der Waals surface area (Å²) in [5.74, 6) is -0.0817. The van der Waals surface area contributed by atoms with Gasteiger partial charge in [0.15, 0.2) is 0 Å². The van der Waals surface area contributed by atoms with Gasteiger partial charge in [-0.1, -0.05) is 30.4 Å². The van der Waals surface area contributed by atoms with Crippen molar-refractivity contribution in [2.75, 3.05) is 0 Å². The van der Waals surface area contributed by atoms with E-state index < -0.39 is 0 Å². The molecule has 2 nitrogen and oxygen atoms in total. The summed E-state index contributed by atoms with van der Waals surface area (Å²) in [7, 11) is 0. The highest BCUT2D eigenvalue weighted by Crippen LogP contribution is 2.00. The number of carbonyl (C=O) groups excluding carboxylic acids is 1. The fourth-order valence-corrected chi connectivity index (χ4v) is 1.18. The molecule has 0 fully saturated rings. The summed E-state index contributed by atoms with van der Waals surface area (Å²) in [5.41, 5.74) is 1.48. The molecule has 0 heterocycles. The second kappa shape index (κ2) is 5.81. The minimum Gasteiger partial charge on any atom is -0.322 e. The lowest BCUT2D eigenvalue weighted by molar-refractivity contribution is 0.0967. The summed E-state index contributed by atoms with van der Waals surface area (Å²) in [6, 6.07) is 9.16. The maximum absolute atomic E-state index is 11.7. The van der Waals surface area contributed by atoms with Gasteiger partial charge in [-0.2, -0.15) is 0 Å². The number of rotatable bonds is 3. The van der Waals surface area contributed by atoms with Crippen molar-refractivity contribution in [3.8, 4) is 0 Å². The first-order valence-corrected chi connectivity index (χ1v) is 4.93. The standard InChI is InChI=1S/C13H15NO/c1-3-8-12(4-2)14-13(15)11-9-6-5-7-10-11/h3-10H,1-2H3,(H,14,15)/b8-3-,12-4+. The molecule has 0 radical (unpaired) electrons. The maximum Gasteiger partial charge on any atom is 0.255 e. The lowest BCUT2D eigenvalue weighted by atomic mass is 10.2. The Morgan fingerprint density at radius 3 is 2.40 bits per heavy atom. The van der Waals surface area contributed by atoms with Crippen molar-refractivity contribution in [2.24, 2.45) is 0 Å². The zero-order valence-corrected chi connectivity index (χ0v) is 9.03. The van der Waals surface area contributed by atoms with Gasteiger partial charge in [-0.3, -0.25) is 4.79 Å². The van der Waals surface area contributed by atoms with Gasteiger partial charge in [-0.15, -0.1) is 0 Å². The van der Waals surface area contributed by atoms with E-state index in [0.717, 1.165) is 5.70 Å². The lowest BCUT2D eigenvalue weighted by Crippen LogP contribution is -2.21. The summed E-state index contributed by atoms with van der Waals surface area (Å²) >= 11 is 0. The Balaban J connectivity index is 2.72. The van der Waals surface area contributed by atoms with E-state index in [4.69, 9.17) is 0 Å². The van der Waals surface area contributed by atoms with E-state index in [1.165, 1.54) is 0 Å². The molecule has 1 amide bonds. The molecular weight excluding hydrogens is 186 g/mol. The van der Waals surface area contributed by atoms with Crippen LogP contribution in [-0.2, 0) is 0 Å². The topological polar surface area (TPSA) is 29.1 Å². The van der Waals surface area contributed by atoms with Gasteiger partial charge in [0.1, 0.15) is 0 Å². The molecule has 15 heavy (non-hydrogen) atoms. The lowest BCUT2D eigenvalue weighted by Gasteiger charge is -2.04. The van der Waals surface area contributed by atoms with Crippen molar-refractivity contribution in [1.82, 2.24) is 5.32 Å². The SMILES string of the molecule is C/C=C\C(=C/C)NC(=O)c1ccccc1. The highest BCUT2D eigenvalue weighted by atomic mass is 16.1. The maximum atomic E-state index is 11.7. The normalized spacial score (nSPS) is 11.7. The van der Waals surface area contributed by atoms with Crippen LogP contribution in [0.4, 0.5) is 0 Å². The quantitative estimate of drug-likeness (QED) is 0.748. The molecule has 0 unspecified atom stereocenters. The summed E-state index contributed by atoms with van der Waals surface area (Å²) in [6.07, 6.45) is 5.61. The van der Waals surface area contributed by atoms with E-state index in [1.807, 2.05) is 50.3 Å². The van der Waals surface area contributed by atoms with Crippen molar-refractivity contribution in [1.29, 1.82) is 0 Å². The van der Waals surface area contributed by atoms with Gasteiger partial charge in [0.25, 0.3) is 5.91 Å². The van der Waals surface area contributed by atoms with Crippen LogP contribution in [0.1, 0.15) is 24.2 Å². The largest absolute Gasteiger partial charge is 0.322 e. The third-order valence-electron chi connectivity index (χ3n) is 1.95. The Hall–Kier alpha value is -1.83. The van der Waals surface area contributed by atoms with Crippen LogP contribution in [0.25, 0.3) is 0 Å². The van der Waals surface area contributed by atoms with E-state index in [2.05, 4.69) is 5.32 Å². The zero-order chi connectivity index (χ0) is 11.1. The number of hydrogen-bond acceptors (Lipinski definition) is 1. The number of nitrogens with one attached hydrogen (secondary N) is 1. The van der Waals surface area contributed by atoms with Crippen molar-refractivity contribution in [2.45, 2.75) is 13.8 Å². The van der Waals surface area contributed by atoms with Crippen molar-refractivity contribution in [3.05, 3.63) is 59.8 Å². The summed E-state index contributed by atoms with van der Waals surface area (Å²) in [4.78, 5) is 11.7. The Bertz CT molecular complexity index is 377. The van der Waals surface area contributed by atoms with Gasteiger partial charge < -0.3 is 5.32 Å². The fraction of sp³-hybridized carbons (Fsp3) is 0.154. The molecule has 78 valence electrons. The summed E-state index contributed by atoms with van der Waals surface area (Å²) < 4.78 is 0. The number of allylic oxidation sites excluding steroid dienone is 3. The highest BCUT2D eigenvalue weighted by molar-refractivity contribution is 5.95. The molecule has 0 saturated heterocycles. The Morgan fingerprint density at radius 1 is 1.20 bits per heavy atom. The van der Waals surface area contributed by atoms with Crippen molar-refractivity contribution >= 4 is 5.91 Å². The van der Waals surface area contributed by atoms with Gasteiger partial charge in [-0.05, 0) is 32.1 Å². The Morgan fingerprint density at radius 2 is 1.87 bits per heavy atom. The van der Waals surface area contributed by atoms with Crippen LogP contribution in [0.15, 0.2) is 54.3 Å². The van der Waals surface area contributed by atoms with Gasteiger partial charge in [-0.25, -0.2) is 0 Å². The predicted molar refractivity (Wildman–Crippen MR) is 62.5 cm³/mol. The minimum atomic E-state index is -0.0817. The second-order valence-electron chi connectivity index (χ2n) is 3.06. The molecule has 0 aromatic heterocycles. The highest BCUT2D eigenvalue weighted by Gasteiger charge is 2.03. The molecule has 1 N–H and O–H groups in total. The second-order valence-corrected chi connectivity index (χ2v) is 3.06. The van der Waals surface area contributed by atoms with Crippen LogP contribution in [0.5, 0.6) is 0 Å². The molecule has 1 rings (SSSR count). The molecule has 0 aliphatic carbocycles. The van der Waals surface area contributed by atoms with Crippen LogP contribution in [0, 0.1) is 0 Å². The molecule has 0 aliphatic rings. The monoisotopic (exact) mass is 201 g/mol. The van der Waals surface area contributed by atoms with Gasteiger partial charge in [0.05, 0.1) is 0 Å².